The Morgan fingerprint density at radius 3 is 2.65 bits per heavy atom. The smallest absolute Gasteiger partial charge is 0.0621 e. The van der Waals surface area contributed by atoms with Gasteiger partial charge >= 0.3 is 0 Å². The van der Waals surface area contributed by atoms with E-state index in [0.29, 0.717) is 17.7 Å². The van der Waals surface area contributed by atoms with E-state index in [1.54, 1.807) is 0 Å². The number of hydrogen-bond donors (Lipinski definition) is 2. The Morgan fingerprint density at radius 2 is 2.05 bits per heavy atom. The molecule has 1 aromatic carbocycles. The van der Waals surface area contributed by atoms with Crippen LogP contribution in [-0.2, 0) is 4.74 Å². The molecule has 1 aliphatic heterocycles. The minimum atomic E-state index is -0.424. The number of benzene rings is 1. The van der Waals surface area contributed by atoms with E-state index in [4.69, 9.17) is 22.1 Å². The van der Waals surface area contributed by atoms with Crippen LogP contribution >= 0.6 is 11.6 Å². The van der Waals surface area contributed by atoms with Crippen molar-refractivity contribution >= 4 is 11.6 Å². The van der Waals surface area contributed by atoms with Gasteiger partial charge in [0.25, 0.3) is 0 Å². The van der Waals surface area contributed by atoms with Gasteiger partial charge in [-0.2, -0.15) is 0 Å². The monoisotopic (exact) mass is 297 g/mol. The molecular weight excluding hydrogens is 274 g/mol. The minimum absolute atomic E-state index is 0.0316. The fourth-order valence-electron chi connectivity index (χ4n) is 2.82. The Morgan fingerprint density at radius 1 is 1.30 bits per heavy atom. The number of aliphatic hydroxyl groups excluding tert-OH is 1. The molecule has 2 rings (SSSR count). The second kappa shape index (κ2) is 7.99. The lowest BCUT2D eigenvalue weighted by molar-refractivity contribution is 0.000432. The first-order valence-corrected chi connectivity index (χ1v) is 7.83. The van der Waals surface area contributed by atoms with Gasteiger partial charge in [-0.15, -0.1) is 0 Å². The molecule has 0 saturated carbocycles. The van der Waals surface area contributed by atoms with Crippen molar-refractivity contribution in [1.82, 2.24) is 0 Å². The van der Waals surface area contributed by atoms with Gasteiger partial charge < -0.3 is 15.6 Å². The van der Waals surface area contributed by atoms with Gasteiger partial charge in [-0.1, -0.05) is 23.7 Å². The predicted molar refractivity (Wildman–Crippen MR) is 82.1 cm³/mol. The Balaban J connectivity index is 1.87. The van der Waals surface area contributed by atoms with Crippen molar-refractivity contribution in [1.29, 1.82) is 0 Å². The third-order valence-corrected chi connectivity index (χ3v) is 4.33. The number of hydrogen-bond acceptors (Lipinski definition) is 3. The van der Waals surface area contributed by atoms with E-state index in [0.717, 1.165) is 37.9 Å². The van der Waals surface area contributed by atoms with Crippen molar-refractivity contribution in [3.63, 3.8) is 0 Å². The summed E-state index contributed by atoms with van der Waals surface area (Å²) >= 11 is 5.89. The number of aliphatic hydroxyl groups is 1. The van der Waals surface area contributed by atoms with Crippen LogP contribution in [0.15, 0.2) is 24.3 Å². The first kappa shape index (κ1) is 15.8. The third kappa shape index (κ3) is 4.45. The maximum atomic E-state index is 10.4. The average molecular weight is 298 g/mol. The van der Waals surface area contributed by atoms with Crippen molar-refractivity contribution in [3.8, 4) is 0 Å². The zero-order valence-electron chi connectivity index (χ0n) is 11.8. The molecule has 1 heterocycles. The maximum Gasteiger partial charge on any atom is 0.0621 e. The lowest BCUT2D eigenvalue weighted by Crippen LogP contribution is -2.28. The lowest BCUT2D eigenvalue weighted by atomic mass is 9.89. The Labute approximate surface area is 126 Å². The van der Waals surface area contributed by atoms with Crippen molar-refractivity contribution in [2.45, 2.75) is 50.2 Å². The van der Waals surface area contributed by atoms with E-state index < -0.39 is 6.10 Å². The SMILES string of the molecule is NCC(c1ccc(Cl)cc1)C(O)CCC1CCCCO1. The Kier molecular flexibility index (Phi) is 6.30. The average Bonchev–Trinajstić information content (AvgIpc) is 2.49. The standard InChI is InChI=1S/C16H24ClNO2/c17-13-6-4-12(5-7-13)15(11-18)16(19)9-8-14-3-1-2-10-20-14/h4-7,14-16,19H,1-3,8-11,18H2. The summed E-state index contributed by atoms with van der Waals surface area (Å²) < 4.78 is 5.70. The van der Waals surface area contributed by atoms with Crippen LogP contribution in [0.3, 0.4) is 0 Å². The molecule has 0 radical (unpaired) electrons. The summed E-state index contributed by atoms with van der Waals surface area (Å²) in [7, 11) is 0. The highest BCUT2D eigenvalue weighted by atomic mass is 35.5. The van der Waals surface area contributed by atoms with Crippen molar-refractivity contribution in [3.05, 3.63) is 34.9 Å². The Bertz CT molecular complexity index is 390. The van der Waals surface area contributed by atoms with Crippen molar-refractivity contribution < 1.29 is 9.84 Å². The first-order chi connectivity index (χ1) is 9.70. The van der Waals surface area contributed by atoms with E-state index in [1.165, 1.54) is 6.42 Å². The van der Waals surface area contributed by atoms with E-state index in [-0.39, 0.29) is 5.92 Å². The van der Waals surface area contributed by atoms with Gasteiger partial charge in [0, 0.05) is 24.1 Å². The van der Waals surface area contributed by atoms with E-state index in [1.807, 2.05) is 24.3 Å². The largest absolute Gasteiger partial charge is 0.392 e. The highest BCUT2D eigenvalue weighted by Crippen LogP contribution is 2.25. The maximum absolute atomic E-state index is 10.4. The van der Waals surface area contributed by atoms with Gasteiger partial charge in [0.05, 0.1) is 12.2 Å². The molecule has 3 N–H and O–H groups in total. The molecule has 1 aromatic rings. The van der Waals surface area contributed by atoms with Crippen LogP contribution in [0, 0.1) is 0 Å². The molecule has 0 spiro atoms. The fraction of sp³-hybridized carbons (Fsp3) is 0.625. The first-order valence-electron chi connectivity index (χ1n) is 7.46. The van der Waals surface area contributed by atoms with Crippen LogP contribution in [-0.4, -0.2) is 30.5 Å². The number of ether oxygens (including phenoxy) is 1. The molecule has 3 nitrogen and oxygen atoms in total. The summed E-state index contributed by atoms with van der Waals surface area (Å²) in [5.74, 6) is -0.0316. The number of halogens is 1. The normalized spacial score (nSPS) is 22.4. The van der Waals surface area contributed by atoms with E-state index >= 15 is 0 Å². The molecule has 1 aliphatic rings. The second-order valence-corrected chi connectivity index (χ2v) is 5.96. The van der Waals surface area contributed by atoms with Gasteiger partial charge in [-0.3, -0.25) is 0 Å². The van der Waals surface area contributed by atoms with Gasteiger partial charge in [0.15, 0.2) is 0 Å². The van der Waals surface area contributed by atoms with Crippen LogP contribution in [0.2, 0.25) is 5.02 Å². The molecule has 4 heteroatoms. The van der Waals surface area contributed by atoms with Crippen molar-refractivity contribution in [2.24, 2.45) is 5.73 Å². The second-order valence-electron chi connectivity index (χ2n) is 5.53. The van der Waals surface area contributed by atoms with Crippen LogP contribution in [0.5, 0.6) is 0 Å². The summed E-state index contributed by atoms with van der Waals surface area (Å²) in [4.78, 5) is 0. The van der Waals surface area contributed by atoms with Crippen LogP contribution < -0.4 is 5.73 Å². The van der Waals surface area contributed by atoms with Crippen LogP contribution in [0.4, 0.5) is 0 Å². The molecule has 3 atom stereocenters. The lowest BCUT2D eigenvalue weighted by Gasteiger charge is -2.26. The summed E-state index contributed by atoms with van der Waals surface area (Å²) in [6.45, 7) is 1.30. The molecule has 0 aromatic heterocycles. The van der Waals surface area contributed by atoms with Gasteiger partial charge in [0.2, 0.25) is 0 Å². The highest BCUT2D eigenvalue weighted by Gasteiger charge is 2.22. The fourth-order valence-corrected chi connectivity index (χ4v) is 2.94. The molecule has 0 amide bonds. The molecule has 112 valence electrons. The molecule has 1 saturated heterocycles. The summed E-state index contributed by atoms with van der Waals surface area (Å²) in [6, 6.07) is 7.58. The molecule has 0 bridgehead atoms. The summed E-state index contributed by atoms with van der Waals surface area (Å²) in [5.41, 5.74) is 6.88. The van der Waals surface area contributed by atoms with E-state index in [9.17, 15) is 5.11 Å². The van der Waals surface area contributed by atoms with Gasteiger partial charge in [0.1, 0.15) is 0 Å². The number of nitrogens with two attached hydrogens (primary N) is 1. The number of rotatable bonds is 6. The molecule has 0 aliphatic carbocycles. The Hall–Kier alpha value is -0.610. The van der Waals surface area contributed by atoms with Crippen LogP contribution in [0.1, 0.15) is 43.6 Å². The minimum Gasteiger partial charge on any atom is -0.392 e. The van der Waals surface area contributed by atoms with Crippen LogP contribution in [0.25, 0.3) is 0 Å². The highest BCUT2D eigenvalue weighted by molar-refractivity contribution is 6.30. The summed E-state index contributed by atoms with van der Waals surface area (Å²) in [5, 5.41) is 11.1. The predicted octanol–water partition coefficient (Wildman–Crippen LogP) is 3.09. The summed E-state index contributed by atoms with van der Waals surface area (Å²) in [6.07, 6.45) is 5.03. The molecule has 3 unspecified atom stereocenters. The zero-order chi connectivity index (χ0) is 14.4. The molecular formula is C16H24ClNO2. The quantitative estimate of drug-likeness (QED) is 0.848. The third-order valence-electron chi connectivity index (χ3n) is 4.07. The topological polar surface area (TPSA) is 55.5 Å². The molecule has 1 fully saturated rings. The van der Waals surface area contributed by atoms with Gasteiger partial charge in [-0.25, -0.2) is 0 Å². The zero-order valence-corrected chi connectivity index (χ0v) is 12.6. The molecule has 20 heavy (non-hydrogen) atoms. The van der Waals surface area contributed by atoms with Gasteiger partial charge in [-0.05, 0) is 49.8 Å². The van der Waals surface area contributed by atoms with Crippen molar-refractivity contribution in [2.75, 3.05) is 13.2 Å². The van der Waals surface area contributed by atoms with E-state index in [2.05, 4.69) is 0 Å².